The molecule has 0 bridgehead atoms. The van der Waals surface area contributed by atoms with E-state index in [1.807, 2.05) is 35.8 Å². The molecule has 2 amide bonds. The summed E-state index contributed by atoms with van der Waals surface area (Å²) >= 11 is 7.27. The number of thioether (sulfide) groups is 1. The van der Waals surface area contributed by atoms with Gasteiger partial charge >= 0.3 is 0 Å². The quantitative estimate of drug-likeness (QED) is 0.286. The van der Waals surface area contributed by atoms with E-state index < -0.39 is 6.04 Å². The first kappa shape index (κ1) is 25.5. The van der Waals surface area contributed by atoms with E-state index in [0.29, 0.717) is 34.0 Å². The number of aromatic nitrogens is 3. The number of carbonyl (C=O) groups is 2. The van der Waals surface area contributed by atoms with Gasteiger partial charge in [-0.25, -0.2) is 0 Å². The average molecular weight is 498 g/mol. The minimum absolute atomic E-state index is 0.140. The van der Waals surface area contributed by atoms with Crippen molar-refractivity contribution < 1.29 is 9.59 Å². The summed E-state index contributed by atoms with van der Waals surface area (Å²) in [6.07, 6.45) is 1.72. The van der Waals surface area contributed by atoms with E-state index in [0.717, 1.165) is 5.69 Å². The Kier molecular flexibility index (Phi) is 8.90. The number of allylic oxidation sites excluding steroid dienone is 1. The highest BCUT2D eigenvalue weighted by Crippen LogP contribution is 2.22. The van der Waals surface area contributed by atoms with E-state index in [1.54, 1.807) is 30.3 Å². The van der Waals surface area contributed by atoms with Gasteiger partial charge in [0.25, 0.3) is 5.91 Å². The number of hydrogen-bond donors (Lipinski definition) is 2. The number of benzene rings is 2. The molecular weight excluding hydrogens is 470 g/mol. The second kappa shape index (κ2) is 11.9. The molecule has 0 aliphatic rings. The molecule has 0 aliphatic carbocycles. The molecule has 7 nitrogen and oxygen atoms in total. The Morgan fingerprint density at radius 2 is 1.88 bits per heavy atom. The van der Waals surface area contributed by atoms with Crippen LogP contribution in [0.25, 0.3) is 0 Å². The summed E-state index contributed by atoms with van der Waals surface area (Å²) in [5, 5.41) is 15.4. The zero-order valence-corrected chi connectivity index (χ0v) is 21.0. The van der Waals surface area contributed by atoms with Gasteiger partial charge in [0.1, 0.15) is 0 Å². The standard InChI is InChI=1S/C25H28ClN5O2S/c1-5-13-31-23(17(4)27-24(33)19-7-6-8-20(26)14-19)29-30-25(31)34-15-22(32)28-21-11-9-18(10-12-21)16(2)3/h5-12,14,16-17H,1,13,15H2,2-4H3,(H,27,33)(H,28,32). The summed E-state index contributed by atoms with van der Waals surface area (Å²) in [6.45, 7) is 10.3. The fraction of sp³-hybridized carbons (Fsp3) is 0.280. The monoisotopic (exact) mass is 497 g/mol. The molecule has 3 rings (SSSR count). The molecule has 0 saturated heterocycles. The number of amides is 2. The second-order valence-electron chi connectivity index (χ2n) is 8.06. The van der Waals surface area contributed by atoms with Crippen molar-refractivity contribution in [3.8, 4) is 0 Å². The number of anilines is 1. The van der Waals surface area contributed by atoms with Crippen molar-refractivity contribution in [2.45, 2.75) is 44.4 Å². The van der Waals surface area contributed by atoms with Gasteiger partial charge in [-0.3, -0.25) is 9.59 Å². The Balaban J connectivity index is 1.64. The predicted octanol–water partition coefficient (Wildman–Crippen LogP) is 5.46. The Labute approximate surface area is 209 Å². The number of nitrogens with zero attached hydrogens (tertiary/aromatic N) is 3. The molecule has 9 heteroatoms. The predicted molar refractivity (Wildman–Crippen MR) is 137 cm³/mol. The van der Waals surface area contributed by atoms with Gasteiger partial charge in [-0.15, -0.1) is 16.8 Å². The number of nitrogens with one attached hydrogen (secondary N) is 2. The van der Waals surface area contributed by atoms with Crippen LogP contribution >= 0.6 is 23.4 Å². The van der Waals surface area contributed by atoms with Gasteiger partial charge < -0.3 is 15.2 Å². The van der Waals surface area contributed by atoms with Crippen LogP contribution < -0.4 is 10.6 Å². The normalized spacial score (nSPS) is 11.8. The summed E-state index contributed by atoms with van der Waals surface area (Å²) in [7, 11) is 0. The minimum atomic E-state index is -0.415. The smallest absolute Gasteiger partial charge is 0.251 e. The number of carbonyl (C=O) groups excluding carboxylic acids is 2. The summed E-state index contributed by atoms with van der Waals surface area (Å²) in [6, 6.07) is 14.2. The maximum Gasteiger partial charge on any atom is 0.251 e. The Bertz CT molecular complexity index is 1160. The molecule has 0 aliphatic heterocycles. The summed E-state index contributed by atoms with van der Waals surface area (Å²) in [4.78, 5) is 25.1. The third-order valence-corrected chi connectivity index (χ3v) is 6.27. The van der Waals surface area contributed by atoms with Crippen LogP contribution in [0.5, 0.6) is 0 Å². The van der Waals surface area contributed by atoms with Crippen LogP contribution in [0.4, 0.5) is 5.69 Å². The molecule has 2 N–H and O–H groups in total. The van der Waals surface area contributed by atoms with Crippen molar-refractivity contribution in [3.05, 3.63) is 83.2 Å². The maximum absolute atomic E-state index is 12.6. The van der Waals surface area contributed by atoms with E-state index in [-0.39, 0.29) is 17.6 Å². The number of rotatable bonds is 10. The van der Waals surface area contributed by atoms with E-state index in [1.165, 1.54) is 17.3 Å². The Morgan fingerprint density at radius 3 is 2.53 bits per heavy atom. The van der Waals surface area contributed by atoms with Crippen LogP contribution in [0.15, 0.2) is 66.3 Å². The number of hydrogen-bond acceptors (Lipinski definition) is 5. The first-order valence-electron chi connectivity index (χ1n) is 10.9. The van der Waals surface area contributed by atoms with Gasteiger partial charge in [-0.1, -0.05) is 61.5 Å². The molecule has 1 unspecified atom stereocenters. The highest BCUT2D eigenvalue weighted by atomic mass is 35.5. The van der Waals surface area contributed by atoms with Crippen LogP contribution in [0, 0.1) is 0 Å². The van der Waals surface area contributed by atoms with Crippen molar-refractivity contribution in [3.63, 3.8) is 0 Å². The molecule has 178 valence electrons. The van der Waals surface area contributed by atoms with Gasteiger partial charge in [0.15, 0.2) is 11.0 Å². The largest absolute Gasteiger partial charge is 0.342 e. The van der Waals surface area contributed by atoms with Crippen LogP contribution in [-0.4, -0.2) is 32.3 Å². The lowest BCUT2D eigenvalue weighted by Gasteiger charge is -2.15. The van der Waals surface area contributed by atoms with Gasteiger partial charge in [-0.05, 0) is 48.7 Å². The van der Waals surface area contributed by atoms with Crippen LogP contribution in [0.3, 0.4) is 0 Å². The first-order chi connectivity index (χ1) is 16.3. The molecule has 1 atom stereocenters. The van der Waals surface area contributed by atoms with E-state index in [2.05, 4.69) is 41.3 Å². The van der Waals surface area contributed by atoms with Gasteiger partial charge in [0.2, 0.25) is 5.91 Å². The fourth-order valence-electron chi connectivity index (χ4n) is 3.28. The molecule has 0 spiro atoms. The molecule has 0 saturated carbocycles. The lowest BCUT2D eigenvalue weighted by molar-refractivity contribution is -0.113. The number of halogens is 1. The van der Waals surface area contributed by atoms with Gasteiger partial charge in [-0.2, -0.15) is 0 Å². The minimum Gasteiger partial charge on any atom is -0.342 e. The van der Waals surface area contributed by atoms with Crippen molar-refractivity contribution in [2.75, 3.05) is 11.1 Å². The van der Waals surface area contributed by atoms with Crippen molar-refractivity contribution >= 4 is 40.9 Å². The lowest BCUT2D eigenvalue weighted by atomic mass is 10.0. The van der Waals surface area contributed by atoms with Gasteiger partial charge in [0, 0.05) is 22.8 Å². The van der Waals surface area contributed by atoms with Crippen molar-refractivity contribution in [1.82, 2.24) is 20.1 Å². The Morgan fingerprint density at radius 1 is 1.15 bits per heavy atom. The van der Waals surface area contributed by atoms with Crippen LogP contribution in [0.2, 0.25) is 5.02 Å². The zero-order chi connectivity index (χ0) is 24.7. The second-order valence-corrected chi connectivity index (χ2v) is 9.44. The topological polar surface area (TPSA) is 88.9 Å². The molecule has 1 aromatic heterocycles. The van der Waals surface area contributed by atoms with Crippen LogP contribution in [-0.2, 0) is 11.3 Å². The van der Waals surface area contributed by atoms with E-state index in [4.69, 9.17) is 11.6 Å². The molecule has 34 heavy (non-hydrogen) atoms. The molecular formula is C25H28ClN5O2S. The summed E-state index contributed by atoms with van der Waals surface area (Å²) in [5.41, 5.74) is 2.43. The highest BCUT2D eigenvalue weighted by Gasteiger charge is 2.20. The zero-order valence-electron chi connectivity index (χ0n) is 19.4. The lowest BCUT2D eigenvalue weighted by Crippen LogP contribution is -2.28. The maximum atomic E-state index is 12.6. The van der Waals surface area contributed by atoms with E-state index >= 15 is 0 Å². The Hall–Kier alpha value is -3.10. The summed E-state index contributed by atoms with van der Waals surface area (Å²) in [5.74, 6) is 0.773. The average Bonchev–Trinajstić information content (AvgIpc) is 3.21. The molecule has 0 fully saturated rings. The molecule has 2 aromatic carbocycles. The third-order valence-electron chi connectivity index (χ3n) is 5.07. The first-order valence-corrected chi connectivity index (χ1v) is 12.3. The molecule has 0 radical (unpaired) electrons. The van der Waals surface area contributed by atoms with E-state index in [9.17, 15) is 9.59 Å². The van der Waals surface area contributed by atoms with Crippen molar-refractivity contribution in [2.24, 2.45) is 0 Å². The highest BCUT2D eigenvalue weighted by molar-refractivity contribution is 7.99. The molecule has 1 heterocycles. The SMILES string of the molecule is C=CCn1c(SCC(=O)Nc2ccc(C(C)C)cc2)nnc1C(C)NC(=O)c1cccc(Cl)c1. The van der Waals surface area contributed by atoms with Gasteiger partial charge in [0.05, 0.1) is 11.8 Å². The third kappa shape index (κ3) is 6.71. The fourth-order valence-corrected chi connectivity index (χ4v) is 4.23. The van der Waals surface area contributed by atoms with Crippen molar-refractivity contribution in [1.29, 1.82) is 0 Å². The van der Waals surface area contributed by atoms with Crippen LogP contribution in [0.1, 0.15) is 54.5 Å². The molecule has 3 aromatic rings. The summed E-state index contributed by atoms with van der Waals surface area (Å²) < 4.78 is 1.84.